The van der Waals surface area contributed by atoms with Gasteiger partial charge >= 0.3 is 0 Å². The summed E-state index contributed by atoms with van der Waals surface area (Å²) in [4.78, 5) is 41.2. The number of aldehydes is 1. The number of hydrogen-bond acceptors (Lipinski definition) is 5. The molecule has 0 spiro atoms. The molecule has 0 unspecified atom stereocenters. The predicted octanol–water partition coefficient (Wildman–Crippen LogP) is -0.986. The lowest BCUT2D eigenvalue weighted by Crippen LogP contribution is -2.47. The molecule has 0 aliphatic rings. The topological polar surface area (TPSA) is 143 Å². The molecule has 0 aliphatic heterocycles. The molecule has 9 heteroatoms. The first-order chi connectivity index (χ1) is 13.5. The molecule has 6 N–H and O–H groups in total. The van der Waals surface area contributed by atoms with Crippen LogP contribution in [-0.4, -0.2) is 68.2 Å². The van der Waals surface area contributed by atoms with Crippen molar-refractivity contribution in [2.45, 2.75) is 25.3 Å². The van der Waals surface area contributed by atoms with Crippen LogP contribution in [-0.2, 0) is 20.8 Å². The highest BCUT2D eigenvalue weighted by molar-refractivity contribution is 5.87. The molecular weight excluding hydrogens is 360 g/mol. The molecule has 0 fully saturated rings. The first kappa shape index (κ1) is 23.1. The van der Waals surface area contributed by atoms with Crippen molar-refractivity contribution in [2.75, 3.05) is 33.2 Å². The molecule has 1 aromatic rings. The van der Waals surface area contributed by atoms with Gasteiger partial charge in [-0.1, -0.05) is 30.3 Å². The Hall–Kier alpha value is -2.94. The molecule has 0 saturated carbocycles. The van der Waals surface area contributed by atoms with Crippen LogP contribution < -0.4 is 22.1 Å². The minimum atomic E-state index is -0.642. The van der Waals surface area contributed by atoms with Crippen LogP contribution in [0.15, 0.2) is 35.3 Å². The van der Waals surface area contributed by atoms with Crippen molar-refractivity contribution in [3.63, 3.8) is 0 Å². The maximum absolute atomic E-state index is 12.3. The van der Waals surface area contributed by atoms with E-state index in [0.717, 1.165) is 5.56 Å². The Morgan fingerprint density at radius 3 is 2.57 bits per heavy atom. The van der Waals surface area contributed by atoms with E-state index in [0.29, 0.717) is 38.6 Å². The maximum Gasteiger partial charge on any atom is 0.240 e. The monoisotopic (exact) mass is 390 g/mol. The Labute approximate surface area is 165 Å². The van der Waals surface area contributed by atoms with Crippen molar-refractivity contribution in [3.8, 4) is 0 Å². The van der Waals surface area contributed by atoms with Crippen molar-refractivity contribution >= 4 is 24.1 Å². The number of hydrogen-bond donors (Lipinski definition) is 4. The number of nitrogens with two attached hydrogens (primary N) is 2. The molecule has 0 aliphatic carbocycles. The average Bonchev–Trinajstić information content (AvgIpc) is 2.68. The molecule has 1 rings (SSSR count). The molecule has 28 heavy (non-hydrogen) atoms. The molecule has 154 valence electrons. The zero-order valence-corrected chi connectivity index (χ0v) is 16.3. The number of rotatable bonds is 13. The summed E-state index contributed by atoms with van der Waals surface area (Å²) in [6, 6.07) is 9.09. The van der Waals surface area contributed by atoms with Crippen LogP contribution in [0.4, 0.5) is 0 Å². The third-order valence-corrected chi connectivity index (χ3v) is 4.01. The van der Waals surface area contributed by atoms with Gasteiger partial charge in [0.25, 0.3) is 0 Å². The Morgan fingerprint density at radius 1 is 1.25 bits per heavy atom. The van der Waals surface area contributed by atoms with Gasteiger partial charge in [0.15, 0.2) is 5.96 Å². The number of benzene rings is 1. The molecular formula is C19H30N6O3. The number of carbonyl (C=O) groups excluding carboxylic acids is 3. The normalized spacial score (nSPS) is 11.3. The third-order valence-electron chi connectivity index (χ3n) is 4.01. The highest BCUT2D eigenvalue weighted by atomic mass is 16.2. The number of likely N-dealkylation sites (N-methyl/N-ethyl adjacent to an activating group) is 1. The van der Waals surface area contributed by atoms with Crippen LogP contribution in [0.3, 0.4) is 0 Å². The highest BCUT2D eigenvalue weighted by Gasteiger charge is 2.18. The predicted molar refractivity (Wildman–Crippen MR) is 109 cm³/mol. The molecule has 0 heterocycles. The molecule has 1 atom stereocenters. The first-order valence-corrected chi connectivity index (χ1v) is 9.22. The average molecular weight is 390 g/mol. The Balaban J connectivity index is 2.57. The van der Waals surface area contributed by atoms with Gasteiger partial charge in [0.2, 0.25) is 11.8 Å². The molecule has 1 aromatic carbocycles. The minimum absolute atomic E-state index is 0.0104. The number of amides is 2. The molecule has 9 nitrogen and oxygen atoms in total. The van der Waals surface area contributed by atoms with E-state index >= 15 is 0 Å². The zero-order chi connectivity index (χ0) is 20.8. The van der Waals surface area contributed by atoms with E-state index in [1.54, 1.807) is 7.05 Å². The van der Waals surface area contributed by atoms with Gasteiger partial charge in [-0.05, 0) is 31.9 Å². The van der Waals surface area contributed by atoms with Crippen LogP contribution >= 0.6 is 0 Å². The van der Waals surface area contributed by atoms with E-state index in [4.69, 9.17) is 11.5 Å². The molecule has 0 bridgehead atoms. The van der Waals surface area contributed by atoms with Crippen molar-refractivity contribution in [1.82, 2.24) is 15.5 Å². The second kappa shape index (κ2) is 13.3. The molecule has 0 radical (unpaired) electrons. The smallest absolute Gasteiger partial charge is 0.240 e. The van der Waals surface area contributed by atoms with Crippen LogP contribution in [0, 0.1) is 0 Å². The third kappa shape index (κ3) is 9.67. The summed E-state index contributed by atoms with van der Waals surface area (Å²) >= 11 is 0. The van der Waals surface area contributed by atoms with Crippen molar-refractivity contribution in [2.24, 2.45) is 16.5 Å². The molecule has 2 amide bonds. The number of guanidine groups is 1. The minimum Gasteiger partial charge on any atom is -0.370 e. The van der Waals surface area contributed by atoms with E-state index < -0.39 is 6.04 Å². The second-order valence-corrected chi connectivity index (χ2v) is 6.34. The number of nitrogens with zero attached hydrogens (tertiary/aromatic N) is 2. The number of carbonyl (C=O) groups is 3. The van der Waals surface area contributed by atoms with E-state index in [1.165, 1.54) is 4.90 Å². The summed E-state index contributed by atoms with van der Waals surface area (Å²) in [7, 11) is 1.67. The highest BCUT2D eigenvalue weighted by Crippen LogP contribution is 2.02. The van der Waals surface area contributed by atoms with Gasteiger partial charge in [0.05, 0.1) is 19.1 Å². The summed E-state index contributed by atoms with van der Waals surface area (Å²) < 4.78 is 0. The van der Waals surface area contributed by atoms with Crippen molar-refractivity contribution in [1.29, 1.82) is 0 Å². The van der Waals surface area contributed by atoms with E-state index in [1.807, 2.05) is 30.3 Å². The van der Waals surface area contributed by atoms with Gasteiger partial charge in [0, 0.05) is 13.1 Å². The van der Waals surface area contributed by atoms with Gasteiger partial charge in [-0.2, -0.15) is 0 Å². The molecule has 0 aromatic heterocycles. The fourth-order valence-electron chi connectivity index (χ4n) is 2.58. The van der Waals surface area contributed by atoms with Crippen LogP contribution in [0.1, 0.15) is 18.4 Å². The zero-order valence-electron chi connectivity index (χ0n) is 16.3. The summed E-state index contributed by atoms with van der Waals surface area (Å²) in [5.41, 5.74) is 11.6. The van der Waals surface area contributed by atoms with Gasteiger partial charge in [0.1, 0.15) is 6.29 Å². The second-order valence-electron chi connectivity index (χ2n) is 6.34. The lowest BCUT2D eigenvalue weighted by atomic mass is 10.1. The first-order valence-electron chi connectivity index (χ1n) is 9.22. The summed E-state index contributed by atoms with van der Waals surface area (Å²) in [5.74, 6) is -0.566. The van der Waals surface area contributed by atoms with Gasteiger partial charge < -0.3 is 31.8 Å². The quantitative estimate of drug-likeness (QED) is 0.147. The van der Waals surface area contributed by atoms with E-state index in [-0.39, 0.29) is 30.9 Å². The molecule has 0 saturated heterocycles. The van der Waals surface area contributed by atoms with Crippen molar-refractivity contribution < 1.29 is 14.4 Å². The summed E-state index contributed by atoms with van der Waals surface area (Å²) in [6.07, 6.45) is 2.29. The van der Waals surface area contributed by atoms with E-state index in [2.05, 4.69) is 15.6 Å². The summed E-state index contributed by atoms with van der Waals surface area (Å²) in [6.45, 7) is 0.823. The fourth-order valence-corrected chi connectivity index (χ4v) is 2.58. The Kier molecular flexibility index (Phi) is 10.9. The Bertz CT molecular complexity index is 646. The lowest BCUT2D eigenvalue weighted by molar-refractivity contribution is -0.135. The standard InChI is InChI=1S/C19H30N6O3/c1-22-12-18(28)25(11-9-15-6-3-2-4-7-15)13-17(27)24-16(14-26)8-5-10-23-19(20)21/h2-4,6-7,14,16,22H,5,8-13H2,1H3,(H,24,27)(H4,20,21,23)/t16-/m0/s1. The van der Waals surface area contributed by atoms with Crippen LogP contribution in [0.5, 0.6) is 0 Å². The van der Waals surface area contributed by atoms with Crippen molar-refractivity contribution in [3.05, 3.63) is 35.9 Å². The maximum atomic E-state index is 12.3. The van der Waals surface area contributed by atoms with Crippen LogP contribution in [0.2, 0.25) is 0 Å². The van der Waals surface area contributed by atoms with Gasteiger partial charge in [-0.15, -0.1) is 0 Å². The van der Waals surface area contributed by atoms with E-state index in [9.17, 15) is 14.4 Å². The number of aliphatic imine (C=N–C) groups is 1. The fraction of sp³-hybridized carbons (Fsp3) is 0.474. The lowest BCUT2D eigenvalue weighted by Gasteiger charge is -2.23. The van der Waals surface area contributed by atoms with Crippen LogP contribution in [0.25, 0.3) is 0 Å². The summed E-state index contributed by atoms with van der Waals surface area (Å²) in [5, 5.41) is 5.45. The largest absolute Gasteiger partial charge is 0.370 e. The SMILES string of the molecule is CNCC(=O)N(CCc1ccccc1)CC(=O)N[C@H](C=O)CCCN=C(N)N. The number of nitrogens with one attached hydrogen (secondary N) is 2. The van der Waals surface area contributed by atoms with Gasteiger partial charge in [-0.25, -0.2) is 0 Å². The van der Waals surface area contributed by atoms with Gasteiger partial charge in [-0.3, -0.25) is 14.6 Å². The Morgan fingerprint density at radius 2 is 1.96 bits per heavy atom.